The van der Waals surface area contributed by atoms with Crippen molar-refractivity contribution in [3.63, 3.8) is 0 Å². The molecule has 3 nitrogen and oxygen atoms in total. The molecule has 26 heavy (non-hydrogen) atoms. The zero-order valence-corrected chi connectivity index (χ0v) is 16.2. The first-order valence-corrected chi connectivity index (χ1v) is 10.3. The first-order valence-electron chi connectivity index (χ1n) is 9.43. The number of nitrogens with one attached hydrogen (secondary N) is 1. The molecule has 0 unspecified atom stereocenters. The zero-order valence-electron chi connectivity index (χ0n) is 15.4. The fourth-order valence-corrected chi connectivity index (χ4v) is 4.55. The van der Waals surface area contributed by atoms with Crippen molar-refractivity contribution < 1.29 is 9.53 Å². The summed E-state index contributed by atoms with van der Waals surface area (Å²) < 4.78 is 6.22. The summed E-state index contributed by atoms with van der Waals surface area (Å²) in [5.41, 5.74) is 2.96. The van der Waals surface area contributed by atoms with Gasteiger partial charge in [-0.05, 0) is 44.4 Å². The Hall–Kier alpha value is -2.07. The highest BCUT2D eigenvalue weighted by molar-refractivity contribution is 7.14. The van der Waals surface area contributed by atoms with Gasteiger partial charge in [-0.15, -0.1) is 11.3 Å². The minimum Gasteiger partial charge on any atom is -0.483 e. The molecule has 0 radical (unpaired) electrons. The van der Waals surface area contributed by atoms with Crippen molar-refractivity contribution in [2.45, 2.75) is 51.6 Å². The average molecular weight is 368 g/mol. The lowest BCUT2D eigenvalue weighted by Gasteiger charge is -2.29. The van der Waals surface area contributed by atoms with E-state index < -0.39 is 0 Å². The van der Waals surface area contributed by atoms with E-state index in [2.05, 4.69) is 61.0 Å². The SMILES string of the molecule is CC1(C)C=Cc2cccc(-c3csc(NC(=O)C4CCCCC4)c3)c2O1. The van der Waals surface area contributed by atoms with Gasteiger partial charge in [-0.1, -0.05) is 43.5 Å². The number of thiophene rings is 1. The fourth-order valence-electron chi connectivity index (χ4n) is 3.75. The van der Waals surface area contributed by atoms with Crippen LogP contribution in [0.25, 0.3) is 17.2 Å². The van der Waals surface area contributed by atoms with Crippen LogP contribution in [0.5, 0.6) is 5.75 Å². The summed E-state index contributed by atoms with van der Waals surface area (Å²) in [6.07, 6.45) is 9.85. The maximum absolute atomic E-state index is 12.5. The van der Waals surface area contributed by atoms with Crippen LogP contribution < -0.4 is 10.1 Å². The number of carbonyl (C=O) groups is 1. The molecule has 1 amide bonds. The van der Waals surface area contributed by atoms with E-state index >= 15 is 0 Å². The molecule has 2 heterocycles. The summed E-state index contributed by atoms with van der Waals surface area (Å²) in [7, 11) is 0. The molecular weight excluding hydrogens is 342 g/mol. The van der Waals surface area contributed by atoms with Gasteiger partial charge in [0.15, 0.2) is 0 Å². The highest BCUT2D eigenvalue weighted by Gasteiger charge is 2.25. The van der Waals surface area contributed by atoms with Crippen molar-refractivity contribution in [1.29, 1.82) is 0 Å². The Balaban J connectivity index is 1.56. The van der Waals surface area contributed by atoms with Gasteiger partial charge >= 0.3 is 0 Å². The third kappa shape index (κ3) is 3.56. The second-order valence-electron chi connectivity index (χ2n) is 7.79. The van der Waals surface area contributed by atoms with Gasteiger partial charge in [0.25, 0.3) is 0 Å². The number of anilines is 1. The van der Waals surface area contributed by atoms with E-state index in [4.69, 9.17) is 4.74 Å². The monoisotopic (exact) mass is 367 g/mol. The van der Waals surface area contributed by atoms with E-state index in [1.54, 1.807) is 11.3 Å². The van der Waals surface area contributed by atoms with Crippen LogP contribution in [-0.4, -0.2) is 11.5 Å². The molecule has 4 heteroatoms. The van der Waals surface area contributed by atoms with Gasteiger partial charge in [0.05, 0.1) is 5.00 Å². The Bertz CT molecular complexity index is 844. The highest BCUT2D eigenvalue weighted by Crippen LogP contribution is 2.41. The Morgan fingerprint density at radius 1 is 1.23 bits per heavy atom. The fraction of sp³-hybridized carbons (Fsp3) is 0.409. The first-order chi connectivity index (χ1) is 12.5. The summed E-state index contributed by atoms with van der Waals surface area (Å²) in [5, 5.41) is 6.14. The van der Waals surface area contributed by atoms with Crippen LogP contribution in [0.1, 0.15) is 51.5 Å². The summed E-state index contributed by atoms with van der Waals surface area (Å²) in [4.78, 5) is 12.5. The van der Waals surface area contributed by atoms with E-state index in [-0.39, 0.29) is 17.4 Å². The normalized spacial score (nSPS) is 18.8. The van der Waals surface area contributed by atoms with Crippen LogP contribution in [-0.2, 0) is 4.79 Å². The Labute approximate surface area is 159 Å². The van der Waals surface area contributed by atoms with Crippen LogP contribution in [0.4, 0.5) is 5.00 Å². The molecule has 0 atom stereocenters. The number of benzene rings is 1. The maximum Gasteiger partial charge on any atom is 0.228 e. The van der Waals surface area contributed by atoms with Gasteiger partial charge in [-0.3, -0.25) is 4.79 Å². The van der Waals surface area contributed by atoms with Gasteiger partial charge < -0.3 is 10.1 Å². The Kier molecular flexibility index (Phi) is 4.62. The van der Waals surface area contributed by atoms with Gasteiger partial charge in [-0.25, -0.2) is 0 Å². The van der Waals surface area contributed by atoms with Crippen LogP contribution in [0.15, 0.2) is 35.7 Å². The molecule has 0 spiro atoms. The lowest BCUT2D eigenvalue weighted by atomic mass is 9.89. The van der Waals surface area contributed by atoms with Crippen LogP contribution in [0, 0.1) is 5.92 Å². The average Bonchev–Trinajstić information content (AvgIpc) is 3.09. The number of para-hydroxylation sites is 1. The summed E-state index contributed by atoms with van der Waals surface area (Å²) in [6, 6.07) is 8.28. The van der Waals surface area contributed by atoms with E-state index in [9.17, 15) is 4.79 Å². The van der Waals surface area contributed by atoms with E-state index in [1.165, 1.54) is 19.3 Å². The molecule has 0 saturated heterocycles. The Morgan fingerprint density at radius 3 is 2.85 bits per heavy atom. The molecule has 1 saturated carbocycles. The topological polar surface area (TPSA) is 38.3 Å². The number of hydrogen-bond donors (Lipinski definition) is 1. The molecule has 0 bridgehead atoms. The molecule has 1 aromatic carbocycles. The quantitative estimate of drug-likeness (QED) is 0.710. The number of carbonyl (C=O) groups excluding carboxylic acids is 1. The number of hydrogen-bond acceptors (Lipinski definition) is 3. The zero-order chi connectivity index (χ0) is 18.1. The third-order valence-electron chi connectivity index (χ3n) is 5.21. The highest BCUT2D eigenvalue weighted by atomic mass is 32.1. The molecule has 1 fully saturated rings. The van der Waals surface area contributed by atoms with E-state index in [1.807, 2.05) is 0 Å². The minimum absolute atomic E-state index is 0.174. The van der Waals surface area contributed by atoms with Crippen molar-refractivity contribution in [1.82, 2.24) is 0 Å². The summed E-state index contributed by atoms with van der Waals surface area (Å²) in [6.45, 7) is 4.12. The van der Waals surface area contributed by atoms with Crippen molar-refractivity contribution in [2.75, 3.05) is 5.32 Å². The lowest BCUT2D eigenvalue weighted by Crippen LogP contribution is -2.27. The van der Waals surface area contributed by atoms with Gasteiger partial charge in [0.2, 0.25) is 5.91 Å². The number of amides is 1. The molecule has 1 N–H and O–H groups in total. The third-order valence-corrected chi connectivity index (χ3v) is 6.05. The predicted molar refractivity (Wildman–Crippen MR) is 109 cm³/mol. The predicted octanol–water partition coefficient (Wildman–Crippen LogP) is 6.12. The number of fused-ring (bicyclic) bond motifs is 1. The van der Waals surface area contributed by atoms with Gasteiger partial charge in [0.1, 0.15) is 11.4 Å². The summed E-state index contributed by atoms with van der Waals surface area (Å²) >= 11 is 1.58. The molecule has 4 rings (SSSR count). The van der Waals surface area contributed by atoms with Crippen molar-refractivity contribution in [2.24, 2.45) is 5.92 Å². The molecule has 1 aliphatic carbocycles. The first kappa shape index (κ1) is 17.3. The number of ether oxygens (including phenoxy) is 1. The molecule has 2 aliphatic rings. The molecule has 2 aromatic rings. The van der Waals surface area contributed by atoms with Crippen LogP contribution in [0.2, 0.25) is 0 Å². The van der Waals surface area contributed by atoms with E-state index in [0.717, 1.165) is 40.3 Å². The molecule has 1 aromatic heterocycles. The number of rotatable bonds is 3. The second-order valence-corrected chi connectivity index (χ2v) is 8.70. The standard InChI is InChI=1S/C22H25NO2S/c1-22(2)12-11-15-9-6-10-18(20(15)25-22)17-13-19(26-14-17)23-21(24)16-7-4-3-5-8-16/h6,9-14,16H,3-5,7-8H2,1-2H3,(H,23,24). The van der Waals surface area contributed by atoms with Crippen LogP contribution >= 0.6 is 11.3 Å². The smallest absolute Gasteiger partial charge is 0.228 e. The van der Waals surface area contributed by atoms with Crippen molar-refractivity contribution in [3.8, 4) is 16.9 Å². The molecule has 1 aliphatic heterocycles. The Morgan fingerprint density at radius 2 is 2.04 bits per heavy atom. The summed E-state index contributed by atoms with van der Waals surface area (Å²) in [5.74, 6) is 1.27. The largest absolute Gasteiger partial charge is 0.483 e. The maximum atomic E-state index is 12.5. The van der Waals surface area contributed by atoms with E-state index in [0.29, 0.717) is 0 Å². The molecule has 136 valence electrons. The van der Waals surface area contributed by atoms with Crippen LogP contribution in [0.3, 0.4) is 0 Å². The van der Waals surface area contributed by atoms with Crippen molar-refractivity contribution in [3.05, 3.63) is 41.3 Å². The minimum atomic E-state index is -0.308. The lowest BCUT2D eigenvalue weighted by molar-refractivity contribution is -0.120. The van der Waals surface area contributed by atoms with Gasteiger partial charge in [0, 0.05) is 22.4 Å². The van der Waals surface area contributed by atoms with Crippen molar-refractivity contribution >= 4 is 28.3 Å². The second kappa shape index (κ2) is 6.92. The van der Waals surface area contributed by atoms with Gasteiger partial charge in [-0.2, -0.15) is 0 Å². The molecular formula is C22H25NO2S.